The summed E-state index contributed by atoms with van der Waals surface area (Å²) < 4.78 is 45.8. The van der Waals surface area contributed by atoms with Crippen molar-refractivity contribution in [2.24, 2.45) is 0 Å². The standard InChI is InChI=1S/C15H21FN4O4S/c1-19-13-3-2-11(16)10-14(13)20(25(19,22)23)7-6-17-15(21)18-12-4-8-24-9-5-12/h2-3,10,12H,4-9H2,1H3,(H2,17,18,21). The van der Waals surface area contributed by atoms with E-state index in [9.17, 15) is 17.6 Å². The Morgan fingerprint density at radius 3 is 2.76 bits per heavy atom. The number of hydrogen-bond donors (Lipinski definition) is 2. The number of fused-ring (bicyclic) bond motifs is 1. The quantitative estimate of drug-likeness (QED) is 0.818. The minimum atomic E-state index is -3.76. The molecule has 8 nitrogen and oxygen atoms in total. The van der Waals surface area contributed by atoms with Crippen molar-refractivity contribution < 1.29 is 22.3 Å². The van der Waals surface area contributed by atoms with Gasteiger partial charge in [0.25, 0.3) is 0 Å². The Balaban J connectivity index is 1.59. The number of benzene rings is 1. The second-order valence-corrected chi connectivity index (χ2v) is 7.85. The van der Waals surface area contributed by atoms with Crippen LogP contribution in [0.25, 0.3) is 0 Å². The van der Waals surface area contributed by atoms with Gasteiger partial charge >= 0.3 is 16.2 Å². The molecule has 0 aromatic heterocycles. The number of rotatable bonds is 4. The molecular weight excluding hydrogens is 351 g/mol. The number of carbonyl (C=O) groups is 1. The number of anilines is 2. The highest BCUT2D eigenvalue weighted by Crippen LogP contribution is 2.39. The third-order valence-electron chi connectivity index (χ3n) is 4.33. The molecule has 2 amide bonds. The number of amides is 2. The third kappa shape index (κ3) is 3.64. The van der Waals surface area contributed by atoms with Gasteiger partial charge in [0.2, 0.25) is 0 Å². The van der Waals surface area contributed by atoms with Crippen molar-refractivity contribution in [3.8, 4) is 0 Å². The maximum absolute atomic E-state index is 13.5. The smallest absolute Gasteiger partial charge is 0.326 e. The van der Waals surface area contributed by atoms with E-state index < -0.39 is 16.0 Å². The number of halogens is 1. The molecule has 0 atom stereocenters. The number of nitrogens with zero attached hydrogens (tertiary/aromatic N) is 2. The molecule has 1 saturated heterocycles. The van der Waals surface area contributed by atoms with Crippen LogP contribution < -0.4 is 19.2 Å². The lowest BCUT2D eigenvalue weighted by molar-refractivity contribution is 0.0801. The summed E-state index contributed by atoms with van der Waals surface area (Å²) in [6.07, 6.45) is 1.51. The highest BCUT2D eigenvalue weighted by Gasteiger charge is 2.37. The van der Waals surface area contributed by atoms with Crippen molar-refractivity contribution in [3.05, 3.63) is 24.0 Å². The predicted octanol–water partition coefficient (Wildman–Crippen LogP) is 0.805. The molecular formula is C15H21FN4O4S. The van der Waals surface area contributed by atoms with Gasteiger partial charge in [0.1, 0.15) is 5.82 Å². The van der Waals surface area contributed by atoms with E-state index in [0.717, 1.165) is 21.5 Å². The fraction of sp³-hybridized carbons (Fsp3) is 0.533. The molecule has 2 aliphatic heterocycles. The molecule has 0 aliphatic carbocycles. The fourth-order valence-electron chi connectivity index (χ4n) is 2.94. The lowest BCUT2D eigenvalue weighted by atomic mass is 10.1. The van der Waals surface area contributed by atoms with Gasteiger partial charge in [-0.05, 0) is 25.0 Å². The van der Waals surface area contributed by atoms with Gasteiger partial charge in [-0.2, -0.15) is 8.42 Å². The molecule has 1 aromatic carbocycles. The number of carbonyl (C=O) groups excluding carboxylic acids is 1. The van der Waals surface area contributed by atoms with Crippen LogP contribution in [0, 0.1) is 5.82 Å². The van der Waals surface area contributed by atoms with Gasteiger partial charge in [0.05, 0.1) is 17.9 Å². The highest BCUT2D eigenvalue weighted by molar-refractivity contribution is 7.94. The first-order valence-electron chi connectivity index (χ1n) is 8.08. The maximum atomic E-state index is 13.5. The van der Waals surface area contributed by atoms with Gasteiger partial charge < -0.3 is 15.4 Å². The van der Waals surface area contributed by atoms with Crippen LogP contribution in [0.1, 0.15) is 12.8 Å². The first-order chi connectivity index (χ1) is 11.9. The second kappa shape index (κ2) is 7.04. The normalized spacial score (nSPS) is 19.6. The Hall–Kier alpha value is -2.07. The number of urea groups is 1. The molecule has 10 heteroatoms. The first kappa shape index (κ1) is 17.7. The van der Waals surface area contributed by atoms with Gasteiger partial charge in [0, 0.05) is 38.9 Å². The molecule has 0 radical (unpaired) electrons. The predicted molar refractivity (Wildman–Crippen MR) is 91.4 cm³/mol. The Morgan fingerprint density at radius 2 is 2.04 bits per heavy atom. The molecule has 0 saturated carbocycles. The first-order valence-corrected chi connectivity index (χ1v) is 9.47. The van der Waals surface area contributed by atoms with Crippen molar-refractivity contribution in [3.63, 3.8) is 0 Å². The Morgan fingerprint density at radius 1 is 1.32 bits per heavy atom. The molecule has 2 aliphatic rings. The van der Waals surface area contributed by atoms with Crippen LogP contribution in [0.2, 0.25) is 0 Å². The second-order valence-electron chi connectivity index (χ2n) is 5.97. The minimum Gasteiger partial charge on any atom is -0.381 e. The SMILES string of the molecule is CN1c2ccc(F)cc2N(CCNC(=O)NC2CCOCC2)S1(=O)=O. The average molecular weight is 372 g/mol. The van der Waals surface area contributed by atoms with E-state index in [0.29, 0.717) is 18.9 Å². The van der Waals surface area contributed by atoms with Crippen LogP contribution in [0.15, 0.2) is 18.2 Å². The number of hydrogen-bond acceptors (Lipinski definition) is 4. The van der Waals surface area contributed by atoms with Crippen molar-refractivity contribution in [1.29, 1.82) is 0 Å². The monoisotopic (exact) mass is 372 g/mol. The van der Waals surface area contributed by atoms with Gasteiger partial charge in [-0.25, -0.2) is 13.5 Å². The summed E-state index contributed by atoms with van der Waals surface area (Å²) in [5.41, 5.74) is 0.683. The lowest BCUT2D eigenvalue weighted by Crippen LogP contribution is -2.47. The topological polar surface area (TPSA) is 91.0 Å². The van der Waals surface area contributed by atoms with Crippen LogP contribution >= 0.6 is 0 Å². The van der Waals surface area contributed by atoms with Crippen molar-refractivity contribution in [2.45, 2.75) is 18.9 Å². The molecule has 138 valence electrons. The van der Waals surface area contributed by atoms with E-state index in [2.05, 4.69) is 10.6 Å². The van der Waals surface area contributed by atoms with Gasteiger partial charge in [-0.1, -0.05) is 0 Å². The van der Waals surface area contributed by atoms with Crippen LogP contribution in [0.5, 0.6) is 0 Å². The summed E-state index contributed by atoms with van der Waals surface area (Å²) in [5.74, 6) is -0.514. The zero-order valence-electron chi connectivity index (χ0n) is 13.9. The summed E-state index contributed by atoms with van der Waals surface area (Å²) in [7, 11) is -2.34. The summed E-state index contributed by atoms with van der Waals surface area (Å²) in [4.78, 5) is 11.9. The van der Waals surface area contributed by atoms with E-state index in [-0.39, 0.29) is 30.8 Å². The minimum absolute atomic E-state index is 0.0182. The van der Waals surface area contributed by atoms with E-state index in [1.807, 2.05) is 0 Å². The van der Waals surface area contributed by atoms with Crippen LogP contribution in [-0.4, -0.2) is 53.8 Å². The lowest BCUT2D eigenvalue weighted by Gasteiger charge is -2.24. The largest absolute Gasteiger partial charge is 0.381 e. The summed E-state index contributed by atoms with van der Waals surface area (Å²) in [5, 5.41) is 5.48. The fourth-order valence-corrected chi connectivity index (χ4v) is 4.36. The molecule has 1 fully saturated rings. The Bertz CT molecular complexity index is 752. The molecule has 0 unspecified atom stereocenters. The molecule has 2 heterocycles. The number of ether oxygens (including phenoxy) is 1. The van der Waals surface area contributed by atoms with Gasteiger partial charge in [-0.15, -0.1) is 0 Å². The Labute approximate surface area is 146 Å². The van der Waals surface area contributed by atoms with Gasteiger partial charge in [0.15, 0.2) is 0 Å². The average Bonchev–Trinajstić information content (AvgIpc) is 2.76. The van der Waals surface area contributed by atoms with Crippen molar-refractivity contribution >= 4 is 27.6 Å². The molecule has 25 heavy (non-hydrogen) atoms. The summed E-state index contributed by atoms with van der Waals surface area (Å²) >= 11 is 0. The van der Waals surface area contributed by atoms with Crippen LogP contribution in [-0.2, 0) is 14.9 Å². The summed E-state index contributed by atoms with van der Waals surface area (Å²) in [6, 6.07) is 3.53. The molecule has 3 rings (SSSR count). The van der Waals surface area contributed by atoms with E-state index >= 15 is 0 Å². The van der Waals surface area contributed by atoms with Crippen LogP contribution in [0.3, 0.4) is 0 Å². The molecule has 0 bridgehead atoms. The van der Waals surface area contributed by atoms with E-state index in [1.165, 1.54) is 25.2 Å². The maximum Gasteiger partial charge on any atom is 0.326 e. The van der Waals surface area contributed by atoms with Gasteiger partial charge in [-0.3, -0.25) is 4.31 Å². The molecule has 2 N–H and O–H groups in total. The number of nitrogens with one attached hydrogen (secondary N) is 2. The van der Waals surface area contributed by atoms with Crippen molar-refractivity contribution in [2.75, 3.05) is 42.0 Å². The van der Waals surface area contributed by atoms with E-state index in [4.69, 9.17) is 4.74 Å². The highest BCUT2D eigenvalue weighted by atomic mass is 32.2. The summed E-state index contributed by atoms with van der Waals surface area (Å²) in [6.45, 7) is 1.36. The van der Waals surface area contributed by atoms with Crippen molar-refractivity contribution in [1.82, 2.24) is 10.6 Å². The zero-order chi connectivity index (χ0) is 18.0. The Kier molecular flexibility index (Phi) is 5.00. The van der Waals surface area contributed by atoms with Crippen LogP contribution in [0.4, 0.5) is 20.6 Å². The zero-order valence-corrected chi connectivity index (χ0v) is 14.7. The third-order valence-corrected chi connectivity index (χ3v) is 6.15. The molecule has 0 spiro atoms. The van der Waals surface area contributed by atoms with E-state index in [1.54, 1.807) is 0 Å². The molecule has 1 aromatic rings.